The van der Waals surface area contributed by atoms with Gasteiger partial charge in [0, 0.05) is 12.8 Å². The Morgan fingerprint density at radius 3 is 2.27 bits per heavy atom. The van der Waals surface area contributed by atoms with E-state index in [9.17, 15) is 0 Å². The molecule has 1 aliphatic heterocycles. The van der Waals surface area contributed by atoms with Crippen LogP contribution in [-0.2, 0) is 0 Å². The molecule has 0 atom stereocenters. The van der Waals surface area contributed by atoms with E-state index >= 15 is 0 Å². The summed E-state index contributed by atoms with van der Waals surface area (Å²) >= 11 is 0. The van der Waals surface area contributed by atoms with Crippen LogP contribution in [0.5, 0.6) is 0 Å². The van der Waals surface area contributed by atoms with E-state index in [0.717, 1.165) is 0 Å². The molecule has 0 fully saturated rings. The quantitative estimate of drug-likeness (QED) is 0.534. The van der Waals surface area contributed by atoms with Crippen molar-refractivity contribution in [3.05, 3.63) is 0 Å². The molecule has 1 rings (SSSR count). The second-order valence-corrected chi connectivity index (χ2v) is 5.90. The van der Waals surface area contributed by atoms with E-state index in [1.165, 1.54) is 57.9 Å². The Bertz CT molecular complexity index is 203. The summed E-state index contributed by atoms with van der Waals surface area (Å²) in [4.78, 5) is 0. The van der Waals surface area contributed by atoms with Crippen molar-refractivity contribution in [2.24, 2.45) is 5.41 Å². The Balaban J connectivity index is 2.48. The van der Waals surface area contributed by atoms with Gasteiger partial charge in [-0.05, 0) is 18.3 Å². The molecule has 1 heteroatoms. The van der Waals surface area contributed by atoms with Crippen molar-refractivity contribution >= 4 is 6.21 Å². The van der Waals surface area contributed by atoms with Crippen LogP contribution >= 0.6 is 0 Å². The highest BCUT2D eigenvalue weighted by molar-refractivity contribution is 5.52. The van der Waals surface area contributed by atoms with Gasteiger partial charge in [0.25, 0.3) is 0 Å². The zero-order chi connectivity index (χ0) is 11.1. The summed E-state index contributed by atoms with van der Waals surface area (Å²) in [6, 6.07) is 0. The smallest absolute Gasteiger partial charge is 0.142 e. The first kappa shape index (κ1) is 12.7. The summed E-state index contributed by atoms with van der Waals surface area (Å²) in [5, 5.41) is 0. The molecule has 1 heterocycles. The van der Waals surface area contributed by atoms with Gasteiger partial charge in [-0.15, -0.1) is 0 Å². The molecule has 0 N–H and O–H groups in total. The fourth-order valence-electron chi connectivity index (χ4n) is 2.27. The molecule has 15 heavy (non-hydrogen) atoms. The van der Waals surface area contributed by atoms with Crippen molar-refractivity contribution < 1.29 is 4.58 Å². The fourth-order valence-corrected chi connectivity index (χ4v) is 2.27. The van der Waals surface area contributed by atoms with E-state index in [0.29, 0.717) is 5.41 Å². The normalized spacial score (nSPS) is 24.9. The second-order valence-electron chi connectivity index (χ2n) is 5.90. The van der Waals surface area contributed by atoms with Crippen LogP contribution in [0.3, 0.4) is 0 Å². The number of rotatable bonds is 0. The summed E-state index contributed by atoms with van der Waals surface area (Å²) in [5.41, 5.74) is 0.507. The van der Waals surface area contributed by atoms with Crippen molar-refractivity contribution in [1.82, 2.24) is 0 Å². The van der Waals surface area contributed by atoms with Crippen LogP contribution in [0.25, 0.3) is 0 Å². The van der Waals surface area contributed by atoms with Gasteiger partial charge in [-0.2, -0.15) is 0 Å². The number of hydrogen-bond acceptors (Lipinski definition) is 0. The van der Waals surface area contributed by atoms with Gasteiger partial charge in [-0.3, -0.25) is 0 Å². The first-order valence-electron chi connectivity index (χ1n) is 6.64. The van der Waals surface area contributed by atoms with E-state index in [2.05, 4.69) is 31.7 Å². The lowest BCUT2D eigenvalue weighted by molar-refractivity contribution is -0.494. The summed E-state index contributed by atoms with van der Waals surface area (Å²) < 4.78 is 2.39. The molecule has 88 valence electrons. The molecule has 0 aromatic carbocycles. The largest absolute Gasteiger partial charge is 0.242 e. The topological polar surface area (TPSA) is 3.01 Å². The Labute approximate surface area is 95.6 Å². The monoisotopic (exact) mass is 210 g/mol. The first-order chi connectivity index (χ1) is 7.10. The minimum Gasteiger partial charge on any atom is -0.242 e. The van der Waals surface area contributed by atoms with Crippen molar-refractivity contribution in [3.8, 4) is 0 Å². The van der Waals surface area contributed by atoms with Gasteiger partial charge in [0.15, 0.2) is 0 Å². The van der Waals surface area contributed by atoms with Crippen LogP contribution in [0.2, 0.25) is 0 Å². The lowest BCUT2D eigenvalue weighted by atomic mass is 9.84. The molecule has 0 saturated carbocycles. The molecule has 0 unspecified atom stereocenters. The molecule has 0 bridgehead atoms. The molecular formula is C14H28N+. The highest BCUT2D eigenvalue weighted by Gasteiger charge is 2.18. The average molecular weight is 210 g/mol. The van der Waals surface area contributed by atoms with Gasteiger partial charge in [0.2, 0.25) is 0 Å². The highest BCUT2D eigenvalue weighted by atomic mass is 14.9. The standard InChI is InChI=1S/C14H28N/c1-14(2)10-8-6-4-5-7-9-12-15(3)13-11-14/h13H,4-12H2,1-3H3/q+1. The average Bonchev–Trinajstić information content (AvgIpc) is 2.17. The van der Waals surface area contributed by atoms with Crippen molar-refractivity contribution in [3.63, 3.8) is 0 Å². The van der Waals surface area contributed by atoms with Gasteiger partial charge in [0.05, 0.1) is 0 Å². The number of hydrogen-bond donors (Lipinski definition) is 0. The molecule has 0 aromatic heterocycles. The summed E-state index contributed by atoms with van der Waals surface area (Å²) in [6.07, 6.45) is 13.6. The van der Waals surface area contributed by atoms with Gasteiger partial charge >= 0.3 is 0 Å². The molecular weight excluding hydrogens is 182 g/mol. The van der Waals surface area contributed by atoms with Crippen LogP contribution in [0.1, 0.15) is 65.2 Å². The van der Waals surface area contributed by atoms with Crippen LogP contribution in [0.15, 0.2) is 0 Å². The summed E-state index contributed by atoms with van der Waals surface area (Å²) in [5.74, 6) is 0. The van der Waals surface area contributed by atoms with Crippen molar-refractivity contribution in [2.45, 2.75) is 65.2 Å². The minimum absolute atomic E-state index is 0.507. The molecule has 1 aliphatic rings. The van der Waals surface area contributed by atoms with Crippen LogP contribution < -0.4 is 0 Å². The highest BCUT2D eigenvalue weighted by Crippen LogP contribution is 2.27. The van der Waals surface area contributed by atoms with Crippen molar-refractivity contribution in [2.75, 3.05) is 13.6 Å². The molecule has 0 aromatic rings. The third kappa shape index (κ3) is 5.96. The molecule has 0 amide bonds. The maximum absolute atomic E-state index is 2.41. The predicted molar refractivity (Wildman–Crippen MR) is 67.8 cm³/mol. The lowest BCUT2D eigenvalue weighted by Gasteiger charge is -2.21. The molecule has 0 spiro atoms. The Hall–Kier alpha value is -0.330. The Kier molecular flexibility index (Phi) is 5.35. The Morgan fingerprint density at radius 2 is 1.53 bits per heavy atom. The van der Waals surface area contributed by atoms with E-state index in [-0.39, 0.29) is 0 Å². The van der Waals surface area contributed by atoms with Gasteiger partial charge in [0.1, 0.15) is 19.8 Å². The van der Waals surface area contributed by atoms with Crippen LogP contribution in [-0.4, -0.2) is 24.4 Å². The van der Waals surface area contributed by atoms with Gasteiger partial charge < -0.3 is 0 Å². The molecule has 1 nitrogen and oxygen atoms in total. The molecule has 0 radical (unpaired) electrons. The third-order valence-corrected chi connectivity index (χ3v) is 3.57. The summed E-state index contributed by atoms with van der Waals surface area (Å²) in [6.45, 7) is 6.06. The van der Waals surface area contributed by atoms with E-state index in [1.54, 1.807) is 0 Å². The first-order valence-corrected chi connectivity index (χ1v) is 6.64. The third-order valence-electron chi connectivity index (χ3n) is 3.57. The summed E-state index contributed by atoms with van der Waals surface area (Å²) in [7, 11) is 2.22. The SMILES string of the molecule is C[N+]1=CCC(C)(C)CCCCCCCC1. The molecule has 0 saturated heterocycles. The van der Waals surface area contributed by atoms with E-state index < -0.39 is 0 Å². The zero-order valence-corrected chi connectivity index (χ0v) is 10.9. The maximum Gasteiger partial charge on any atom is 0.142 e. The van der Waals surface area contributed by atoms with E-state index in [1.807, 2.05) is 0 Å². The maximum atomic E-state index is 2.41. The van der Waals surface area contributed by atoms with Gasteiger partial charge in [-0.25, -0.2) is 4.58 Å². The van der Waals surface area contributed by atoms with Crippen LogP contribution in [0, 0.1) is 5.41 Å². The molecule has 0 aliphatic carbocycles. The van der Waals surface area contributed by atoms with E-state index in [4.69, 9.17) is 0 Å². The minimum atomic E-state index is 0.507. The number of nitrogens with zero attached hydrogens (tertiary/aromatic N) is 1. The van der Waals surface area contributed by atoms with Gasteiger partial charge in [-0.1, -0.05) is 39.5 Å². The lowest BCUT2D eigenvalue weighted by Crippen LogP contribution is -2.17. The second kappa shape index (κ2) is 6.30. The Morgan fingerprint density at radius 1 is 0.933 bits per heavy atom. The van der Waals surface area contributed by atoms with Crippen LogP contribution in [0.4, 0.5) is 0 Å². The predicted octanol–water partition coefficient (Wildman–Crippen LogP) is 3.86. The van der Waals surface area contributed by atoms with Crippen molar-refractivity contribution in [1.29, 1.82) is 0 Å². The fraction of sp³-hybridized carbons (Fsp3) is 0.929. The zero-order valence-electron chi connectivity index (χ0n) is 10.9.